The summed E-state index contributed by atoms with van der Waals surface area (Å²) in [4.78, 5) is 26.3. The number of carbonyl (C=O) groups excluding carboxylic acids is 2. The summed E-state index contributed by atoms with van der Waals surface area (Å²) < 4.78 is 10.5. The number of nitrogens with one attached hydrogen (secondary N) is 1. The lowest BCUT2D eigenvalue weighted by Crippen LogP contribution is -2.41. The molecule has 6 nitrogen and oxygen atoms in total. The van der Waals surface area contributed by atoms with Crippen molar-refractivity contribution in [3.8, 4) is 0 Å². The molecule has 1 amide bonds. The van der Waals surface area contributed by atoms with Crippen LogP contribution in [0.5, 0.6) is 0 Å². The highest BCUT2D eigenvalue weighted by atomic mass is 16.6. The fraction of sp³-hybridized carbons (Fsp3) is 0.875. The number of carbonyl (C=O) groups is 2. The summed E-state index contributed by atoms with van der Waals surface area (Å²) in [6.07, 6.45) is 0.568. The van der Waals surface area contributed by atoms with Crippen LogP contribution in [0.15, 0.2) is 0 Å². The van der Waals surface area contributed by atoms with Gasteiger partial charge in [-0.25, -0.2) is 4.79 Å². The molecule has 1 saturated carbocycles. The molecule has 2 aliphatic heterocycles. The molecule has 6 heteroatoms. The molecule has 1 N–H and O–H groups in total. The smallest absolute Gasteiger partial charge is 0.410 e. The van der Waals surface area contributed by atoms with Crippen LogP contribution >= 0.6 is 0 Å². The van der Waals surface area contributed by atoms with Gasteiger partial charge in [-0.3, -0.25) is 4.79 Å². The molecule has 0 aromatic heterocycles. The minimum atomic E-state index is -0.473. The molecule has 4 atom stereocenters. The summed E-state index contributed by atoms with van der Waals surface area (Å²) in [5, 5.41) is 3.34. The van der Waals surface area contributed by atoms with Crippen LogP contribution in [0.1, 0.15) is 27.2 Å². The molecule has 3 rings (SSSR count). The lowest BCUT2D eigenvalue weighted by Gasteiger charge is -2.29. The molecule has 0 unspecified atom stereocenters. The van der Waals surface area contributed by atoms with Gasteiger partial charge in [0, 0.05) is 19.6 Å². The number of esters is 1. The number of fused-ring (bicyclic) bond motifs is 3. The Labute approximate surface area is 131 Å². The van der Waals surface area contributed by atoms with Crippen molar-refractivity contribution in [1.29, 1.82) is 0 Å². The van der Waals surface area contributed by atoms with E-state index < -0.39 is 5.60 Å². The van der Waals surface area contributed by atoms with Gasteiger partial charge in [0.2, 0.25) is 0 Å². The van der Waals surface area contributed by atoms with Crippen molar-refractivity contribution in [3.05, 3.63) is 0 Å². The van der Waals surface area contributed by atoms with Crippen LogP contribution < -0.4 is 5.32 Å². The highest BCUT2D eigenvalue weighted by molar-refractivity contribution is 5.79. The van der Waals surface area contributed by atoms with Crippen molar-refractivity contribution >= 4 is 12.1 Å². The van der Waals surface area contributed by atoms with E-state index in [9.17, 15) is 9.59 Å². The fourth-order valence-electron chi connectivity index (χ4n) is 4.58. The van der Waals surface area contributed by atoms with Crippen molar-refractivity contribution in [2.24, 2.45) is 23.2 Å². The van der Waals surface area contributed by atoms with Crippen molar-refractivity contribution in [1.82, 2.24) is 10.2 Å². The number of hydrogen-bond acceptors (Lipinski definition) is 5. The monoisotopic (exact) mass is 310 g/mol. The van der Waals surface area contributed by atoms with Gasteiger partial charge in [0.25, 0.3) is 0 Å². The normalized spacial score (nSPS) is 36.9. The molecule has 124 valence electrons. The molecule has 0 spiro atoms. The maximum absolute atomic E-state index is 12.3. The molecule has 2 heterocycles. The Bertz CT molecular complexity index is 487. The second kappa shape index (κ2) is 5.11. The van der Waals surface area contributed by atoms with E-state index in [1.54, 1.807) is 4.90 Å². The Morgan fingerprint density at radius 1 is 1.27 bits per heavy atom. The van der Waals surface area contributed by atoms with Gasteiger partial charge in [-0.1, -0.05) is 0 Å². The number of methoxy groups -OCH3 is 1. The molecule has 0 bridgehead atoms. The van der Waals surface area contributed by atoms with Crippen LogP contribution in [-0.4, -0.2) is 55.9 Å². The predicted octanol–water partition coefficient (Wildman–Crippen LogP) is 1.25. The molecule has 22 heavy (non-hydrogen) atoms. The first-order valence-electron chi connectivity index (χ1n) is 8.04. The van der Waals surface area contributed by atoms with E-state index in [4.69, 9.17) is 9.47 Å². The number of nitrogens with zero attached hydrogens (tertiary/aromatic N) is 1. The number of likely N-dealkylation sites (tertiary alicyclic amines) is 1. The van der Waals surface area contributed by atoms with Gasteiger partial charge in [0.1, 0.15) is 5.60 Å². The lowest BCUT2D eigenvalue weighted by molar-refractivity contribution is -0.153. The van der Waals surface area contributed by atoms with E-state index in [1.165, 1.54) is 7.11 Å². The van der Waals surface area contributed by atoms with Gasteiger partial charge in [-0.2, -0.15) is 0 Å². The maximum atomic E-state index is 12.3. The Balaban J connectivity index is 1.71. The van der Waals surface area contributed by atoms with Crippen LogP contribution in [0.4, 0.5) is 4.79 Å². The van der Waals surface area contributed by atoms with E-state index in [1.807, 2.05) is 20.8 Å². The van der Waals surface area contributed by atoms with Gasteiger partial charge in [0.05, 0.1) is 12.5 Å². The van der Waals surface area contributed by atoms with Gasteiger partial charge in [-0.05, 0) is 51.5 Å². The van der Waals surface area contributed by atoms with E-state index in [0.717, 1.165) is 13.0 Å². The van der Waals surface area contributed by atoms with Crippen molar-refractivity contribution < 1.29 is 19.1 Å². The van der Waals surface area contributed by atoms with Crippen LogP contribution in [0, 0.1) is 23.2 Å². The molecule has 3 fully saturated rings. The largest absolute Gasteiger partial charge is 0.469 e. The molecule has 0 radical (unpaired) electrons. The summed E-state index contributed by atoms with van der Waals surface area (Å²) in [6.45, 7) is 8.54. The molecular formula is C16H26N2O4. The van der Waals surface area contributed by atoms with E-state index in [0.29, 0.717) is 31.5 Å². The second-order valence-corrected chi connectivity index (χ2v) is 7.90. The Morgan fingerprint density at radius 3 is 2.64 bits per heavy atom. The van der Waals surface area contributed by atoms with Gasteiger partial charge >= 0.3 is 12.1 Å². The summed E-state index contributed by atoms with van der Waals surface area (Å²) in [6, 6.07) is 0. The SMILES string of the molecule is COC(=O)[C@@]12CNC[C@H]1[C@H]1CN(C(=O)OC(C)(C)C)C[C@H]1C2. The predicted molar refractivity (Wildman–Crippen MR) is 80.2 cm³/mol. The first kappa shape index (κ1) is 15.6. The van der Waals surface area contributed by atoms with Crippen molar-refractivity contribution in [3.63, 3.8) is 0 Å². The number of ether oxygens (including phenoxy) is 2. The molecule has 0 aromatic rings. The van der Waals surface area contributed by atoms with E-state index in [-0.39, 0.29) is 23.4 Å². The molecule has 0 aromatic carbocycles. The topological polar surface area (TPSA) is 67.9 Å². The second-order valence-electron chi connectivity index (χ2n) is 7.90. The number of rotatable bonds is 1. The molecule has 1 aliphatic carbocycles. The molecule has 2 saturated heterocycles. The average molecular weight is 310 g/mol. The van der Waals surface area contributed by atoms with Crippen molar-refractivity contribution in [2.75, 3.05) is 33.3 Å². The summed E-state index contributed by atoms with van der Waals surface area (Å²) in [5.41, 5.74) is -0.858. The molecule has 3 aliphatic rings. The van der Waals surface area contributed by atoms with Gasteiger partial charge < -0.3 is 19.7 Å². The third kappa shape index (κ3) is 2.37. The Morgan fingerprint density at radius 2 is 2.00 bits per heavy atom. The summed E-state index contributed by atoms with van der Waals surface area (Å²) >= 11 is 0. The number of amides is 1. The Kier molecular flexibility index (Phi) is 3.62. The summed E-state index contributed by atoms with van der Waals surface area (Å²) in [5.74, 6) is 0.901. The first-order valence-corrected chi connectivity index (χ1v) is 8.04. The zero-order valence-corrected chi connectivity index (χ0v) is 13.8. The van der Waals surface area contributed by atoms with Crippen LogP contribution in [0.25, 0.3) is 0 Å². The first-order chi connectivity index (χ1) is 10.3. The minimum absolute atomic E-state index is 0.0966. The van der Waals surface area contributed by atoms with Crippen molar-refractivity contribution in [2.45, 2.75) is 32.8 Å². The Hall–Kier alpha value is -1.30. The average Bonchev–Trinajstić information content (AvgIpc) is 3.04. The third-order valence-electron chi connectivity index (χ3n) is 5.39. The fourth-order valence-corrected chi connectivity index (χ4v) is 4.58. The van der Waals surface area contributed by atoms with Gasteiger partial charge in [0.15, 0.2) is 0 Å². The molecular weight excluding hydrogens is 284 g/mol. The quantitative estimate of drug-likeness (QED) is 0.738. The highest BCUT2D eigenvalue weighted by Gasteiger charge is 2.63. The van der Waals surface area contributed by atoms with E-state index >= 15 is 0 Å². The minimum Gasteiger partial charge on any atom is -0.469 e. The maximum Gasteiger partial charge on any atom is 0.410 e. The zero-order chi connectivity index (χ0) is 16.1. The standard InChI is InChI=1S/C16H26N2O4/c1-15(2,3)22-14(20)18-7-10-5-16(13(19)21-4)9-17-6-12(16)11(10)8-18/h10-12,17H,5-9H2,1-4H3/t10-,11+,12+,16+/m1/s1. The lowest BCUT2D eigenvalue weighted by atomic mass is 9.78. The van der Waals surface area contributed by atoms with Crippen LogP contribution in [0.2, 0.25) is 0 Å². The number of hydrogen-bond donors (Lipinski definition) is 1. The zero-order valence-electron chi connectivity index (χ0n) is 13.8. The van der Waals surface area contributed by atoms with Crippen LogP contribution in [-0.2, 0) is 14.3 Å². The van der Waals surface area contributed by atoms with Crippen LogP contribution in [0.3, 0.4) is 0 Å². The summed E-state index contributed by atoms with van der Waals surface area (Å²) in [7, 11) is 1.47. The van der Waals surface area contributed by atoms with E-state index in [2.05, 4.69) is 5.32 Å². The van der Waals surface area contributed by atoms with Gasteiger partial charge in [-0.15, -0.1) is 0 Å². The highest BCUT2D eigenvalue weighted by Crippen LogP contribution is 2.55. The third-order valence-corrected chi connectivity index (χ3v) is 5.39.